The van der Waals surface area contributed by atoms with E-state index in [-0.39, 0.29) is 0 Å². The monoisotopic (exact) mass is 1140 g/mol. The van der Waals surface area contributed by atoms with Gasteiger partial charge in [-0.05, 0) is 113 Å². The Morgan fingerprint density at radius 3 is 1.84 bits per heavy atom. The number of benzene rings is 12. The van der Waals surface area contributed by atoms with Crippen LogP contribution in [0.3, 0.4) is 0 Å². The summed E-state index contributed by atoms with van der Waals surface area (Å²) < 4.78 is 12.7. The molecule has 5 nitrogen and oxygen atoms in total. The summed E-state index contributed by atoms with van der Waals surface area (Å²) in [4.78, 5) is 3.57. The molecular formula is C71H42Cl4N4OS. The standard InChI is InChI=1S/C22H14ClN.C20H13ClN2.C16H9ClS.C13H6ClNO/c23-16-11-13-20-19(14-16)22-18-9-5-4-6-15(18)10-12-21(22)24(20)17-7-2-1-3-8-17;1-13-6-3-4-8-17(13)23-18-9-5-7-16(21)20(18)15-11-10-14(22-2)12-19(15)23;17-14-7-3-6-12-13-9-8-10-4-1-2-5-11(10)15(13)18-16(12)14;14-11-6-2-5-10-9-4-1-3-8(7-15)12(9)16-13(10)11/h1-14H;3-12H,1H3;1-9H;1-6H. The predicted octanol–water partition coefficient (Wildman–Crippen LogP) is 22.9. The van der Waals surface area contributed by atoms with E-state index in [0.717, 1.165) is 59.0 Å². The van der Waals surface area contributed by atoms with E-state index in [0.29, 0.717) is 27.4 Å². The molecule has 0 spiro atoms. The fourth-order valence-corrected chi connectivity index (χ4v) is 13.3. The molecule has 0 bridgehead atoms. The van der Waals surface area contributed by atoms with E-state index in [2.05, 4.69) is 160 Å². The van der Waals surface area contributed by atoms with Crippen LogP contribution in [0.5, 0.6) is 0 Å². The first-order valence-corrected chi connectivity index (χ1v) is 28.3. The molecule has 4 heterocycles. The third-order valence-electron chi connectivity index (χ3n) is 14.8. The molecule has 0 radical (unpaired) electrons. The van der Waals surface area contributed by atoms with Crippen molar-refractivity contribution in [3.8, 4) is 17.4 Å². The molecule has 16 rings (SSSR count). The molecule has 0 amide bonds. The Kier molecular flexibility index (Phi) is 13.6. The SMILES string of the molecule is Clc1ccc2c(c1)c1c3ccccc3ccc1n2-c1ccccc1.Clc1cccc2c1sc1c3ccccc3ccc21.N#Cc1cccc2c1oc1c(Cl)cccc12.[C-]#[N+]c1ccc2c3c(Cl)cccc3n(-c3ccccc3C)c2c1. The van der Waals surface area contributed by atoms with Gasteiger partial charge in [-0.2, -0.15) is 5.26 Å². The third-order valence-corrected chi connectivity index (χ3v) is 17.3. The van der Waals surface area contributed by atoms with Crippen molar-refractivity contribution in [3.63, 3.8) is 0 Å². The van der Waals surface area contributed by atoms with Gasteiger partial charge in [0.25, 0.3) is 0 Å². The van der Waals surface area contributed by atoms with Crippen molar-refractivity contribution in [2.24, 2.45) is 0 Å². The van der Waals surface area contributed by atoms with Gasteiger partial charge in [0.1, 0.15) is 6.07 Å². The van der Waals surface area contributed by atoms with E-state index in [4.69, 9.17) is 62.7 Å². The van der Waals surface area contributed by atoms with Gasteiger partial charge in [-0.15, -0.1) is 11.3 Å². The normalized spacial score (nSPS) is 11.2. The van der Waals surface area contributed by atoms with Crippen LogP contribution >= 0.6 is 57.7 Å². The Morgan fingerprint density at radius 2 is 1.05 bits per heavy atom. The minimum Gasteiger partial charge on any atom is -0.453 e. The number of para-hydroxylation sites is 4. The Bertz CT molecular complexity index is 5230. The van der Waals surface area contributed by atoms with Crippen LogP contribution in [0.2, 0.25) is 20.1 Å². The van der Waals surface area contributed by atoms with Crippen molar-refractivity contribution in [2.45, 2.75) is 6.92 Å². The maximum absolute atomic E-state index is 8.99. The number of hydrogen-bond donors (Lipinski definition) is 0. The fraction of sp³-hybridized carbons (Fsp3) is 0.0141. The highest BCUT2D eigenvalue weighted by molar-refractivity contribution is 7.27. The molecule has 81 heavy (non-hydrogen) atoms. The summed E-state index contributed by atoms with van der Waals surface area (Å²) in [7, 11) is 0. The van der Waals surface area contributed by atoms with Crippen LogP contribution in [-0.4, -0.2) is 9.13 Å². The lowest BCUT2D eigenvalue weighted by Crippen LogP contribution is -1.96. The second-order valence-electron chi connectivity index (χ2n) is 19.5. The topological polar surface area (TPSA) is 51.1 Å². The van der Waals surface area contributed by atoms with E-state index in [1.165, 1.54) is 69.1 Å². The lowest BCUT2D eigenvalue weighted by molar-refractivity contribution is 0.668. The number of rotatable bonds is 2. The average molecular weight is 1140 g/mol. The van der Waals surface area contributed by atoms with Gasteiger partial charge >= 0.3 is 0 Å². The highest BCUT2D eigenvalue weighted by Gasteiger charge is 2.18. The number of nitriles is 1. The molecule has 0 fully saturated rings. The minimum atomic E-state index is 0.532. The smallest absolute Gasteiger partial charge is 0.189 e. The van der Waals surface area contributed by atoms with E-state index in [1.807, 2.05) is 91.0 Å². The summed E-state index contributed by atoms with van der Waals surface area (Å²) in [5, 5.41) is 26.0. The number of aromatic nitrogens is 2. The number of nitrogens with zero attached hydrogens (tertiary/aromatic N) is 4. The van der Waals surface area contributed by atoms with E-state index < -0.39 is 0 Å². The lowest BCUT2D eigenvalue weighted by atomic mass is 10.0. The Morgan fingerprint density at radius 1 is 0.444 bits per heavy atom. The van der Waals surface area contributed by atoms with Gasteiger partial charge in [-0.25, -0.2) is 4.85 Å². The molecule has 16 aromatic rings. The summed E-state index contributed by atoms with van der Waals surface area (Å²) in [5.74, 6) is 0. The Labute approximate surface area is 489 Å². The molecule has 0 aliphatic rings. The van der Waals surface area contributed by atoms with Crippen LogP contribution in [0, 0.1) is 24.8 Å². The van der Waals surface area contributed by atoms with Crippen molar-refractivity contribution in [1.82, 2.24) is 9.13 Å². The maximum atomic E-state index is 8.99. The highest BCUT2D eigenvalue weighted by Crippen LogP contribution is 2.43. The zero-order chi connectivity index (χ0) is 55.3. The zero-order valence-electron chi connectivity index (χ0n) is 43.1. The minimum absolute atomic E-state index is 0.532. The summed E-state index contributed by atoms with van der Waals surface area (Å²) in [6.45, 7) is 9.40. The molecule has 0 aliphatic heterocycles. The van der Waals surface area contributed by atoms with Crippen LogP contribution in [-0.2, 0) is 0 Å². The number of halogens is 4. The van der Waals surface area contributed by atoms with Gasteiger partial charge in [0, 0.05) is 69.7 Å². The van der Waals surface area contributed by atoms with Crippen molar-refractivity contribution in [1.29, 1.82) is 5.26 Å². The number of aryl methyl sites for hydroxylation is 1. The summed E-state index contributed by atoms with van der Waals surface area (Å²) >= 11 is 26.9. The van der Waals surface area contributed by atoms with Crippen LogP contribution in [0.15, 0.2) is 241 Å². The molecule has 0 unspecified atom stereocenters. The van der Waals surface area contributed by atoms with Gasteiger partial charge in [0.05, 0.1) is 48.5 Å². The van der Waals surface area contributed by atoms with E-state index in [9.17, 15) is 0 Å². The predicted molar refractivity (Wildman–Crippen MR) is 345 cm³/mol. The van der Waals surface area contributed by atoms with Crippen LogP contribution < -0.4 is 0 Å². The summed E-state index contributed by atoms with van der Waals surface area (Å²) in [6, 6.07) is 81.8. The Hall–Kier alpha value is -9.08. The van der Waals surface area contributed by atoms with Crippen LogP contribution in [0.25, 0.3) is 123 Å². The van der Waals surface area contributed by atoms with Gasteiger partial charge in [-0.3, -0.25) is 0 Å². The quantitative estimate of drug-likeness (QED) is 0.162. The fourth-order valence-electron chi connectivity index (χ4n) is 11.1. The zero-order valence-corrected chi connectivity index (χ0v) is 47.0. The summed E-state index contributed by atoms with van der Waals surface area (Å²) in [5.41, 5.74) is 10.3. The first-order valence-electron chi connectivity index (χ1n) is 26.0. The molecule has 0 aliphatic carbocycles. The lowest BCUT2D eigenvalue weighted by Gasteiger charge is -2.11. The van der Waals surface area contributed by atoms with Gasteiger partial charge < -0.3 is 13.6 Å². The van der Waals surface area contributed by atoms with Gasteiger partial charge in [0.15, 0.2) is 16.9 Å². The molecule has 0 N–H and O–H groups in total. The van der Waals surface area contributed by atoms with Crippen LogP contribution in [0.4, 0.5) is 5.69 Å². The van der Waals surface area contributed by atoms with Crippen molar-refractivity contribution in [2.75, 3.05) is 0 Å². The van der Waals surface area contributed by atoms with Gasteiger partial charge in [0.2, 0.25) is 0 Å². The number of furan rings is 1. The number of thiophene rings is 1. The van der Waals surface area contributed by atoms with E-state index in [1.54, 1.807) is 23.5 Å². The average Bonchev–Trinajstić information content (AvgIpc) is 4.43. The number of hydrogen-bond acceptors (Lipinski definition) is 3. The third kappa shape index (κ3) is 9.15. The van der Waals surface area contributed by atoms with Crippen molar-refractivity contribution >= 4 is 171 Å². The van der Waals surface area contributed by atoms with Crippen LogP contribution in [0.1, 0.15) is 11.1 Å². The largest absolute Gasteiger partial charge is 0.453 e. The molecule has 0 saturated carbocycles. The van der Waals surface area contributed by atoms with E-state index >= 15 is 0 Å². The highest BCUT2D eigenvalue weighted by atomic mass is 35.5. The summed E-state index contributed by atoms with van der Waals surface area (Å²) in [6.07, 6.45) is 0. The molecule has 4 aromatic heterocycles. The Balaban J connectivity index is 0.000000103. The molecular weight excluding hydrogens is 1100 g/mol. The van der Waals surface area contributed by atoms with Crippen molar-refractivity contribution in [3.05, 3.63) is 279 Å². The molecule has 0 atom stereocenters. The second-order valence-corrected chi connectivity index (χ2v) is 22.2. The van der Waals surface area contributed by atoms with Crippen molar-refractivity contribution < 1.29 is 4.42 Å². The molecule has 12 aromatic carbocycles. The molecule has 386 valence electrons. The second kappa shape index (κ2) is 21.5. The molecule has 0 saturated heterocycles. The van der Waals surface area contributed by atoms with Gasteiger partial charge in [-0.1, -0.05) is 204 Å². The first kappa shape index (κ1) is 51.4. The maximum Gasteiger partial charge on any atom is 0.189 e. The molecule has 10 heteroatoms. The number of fused-ring (bicyclic) bond motifs is 16. The first-order chi connectivity index (χ1) is 39.7.